The van der Waals surface area contributed by atoms with Crippen LogP contribution in [0.4, 0.5) is 5.69 Å². The molecule has 2 heteroatoms. The van der Waals surface area contributed by atoms with E-state index in [-0.39, 0.29) is 5.75 Å². The summed E-state index contributed by atoms with van der Waals surface area (Å²) < 4.78 is 0. The molecule has 0 N–H and O–H groups in total. The van der Waals surface area contributed by atoms with Crippen LogP contribution in [-0.4, -0.2) is 6.21 Å². The van der Waals surface area contributed by atoms with Crippen molar-refractivity contribution >= 4 is 22.7 Å². The molecule has 0 unspecified atom stereocenters. The molecule has 0 saturated heterocycles. The highest BCUT2D eigenvalue weighted by Gasteiger charge is 1.99. The van der Waals surface area contributed by atoms with Gasteiger partial charge in [0.2, 0.25) is 0 Å². The van der Waals surface area contributed by atoms with Gasteiger partial charge < -0.3 is 5.11 Å². The number of aliphatic imine (C=N–C) groups is 1. The van der Waals surface area contributed by atoms with Gasteiger partial charge in [0.25, 0.3) is 0 Å². The van der Waals surface area contributed by atoms with Crippen LogP contribution in [0.15, 0.2) is 65.7 Å². The molecular weight excluding hydrogens is 246 g/mol. The Hall–Kier alpha value is -2.61. The summed E-state index contributed by atoms with van der Waals surface area (Å²) in [6.07, 6.45) is 1.67. The van der Waals surface area contributed by atoms with Crippen molar-refractivity contribution in [3.63, 3.8) is 0 Å². The Balaban J connectivity index is 2.08. The van der Waals surface area contributed by atoms with Crippen LogP contribution in [0.5, 0.6) is 5.75 Å². The number of nitrogens with zero attached hydrogens (tertiary/aromatic N) is 1. The maximum atomic E-state index is 12.0. The highest BCUT2D eigenvalue weighted by Crippen LogP contribution is 2.24. The maximum absolute atomic E-state index is 12.0. The second-order valence-electron chi connectivity index (χ2n) is 4.80. The van der Waals surface area contributed by atoms with Crippen molar-refractivity contribution in [3.05, 3.63) is 71.8 Å². The molecule has 98 valence electrons. The summed E-state index contributed by atoms with van der Waals surface area (Å²) in [6.45, 7) is 2.02. The summed E-state index contributed by atoms with van der Waals surface area (Å²) in [5, 5.41) is 14.0. The van der Waals surface area contributed by atoms with Gasteiger partial charge in [0.15, 0.2) is 0 Å². The fourth-order valence-corrected chi connectivity index (χ4v) is 2.26. The van der Waals surface area contributed by atoms with E-state index in [1.54, 1.807) is 12.3 Å². The van der Waals surface area contributed by atoms with Crippen molar-refractivity contribution in [2.24, 2.45) is 4.99 Å². The molecule has 0 aliphatic carbocycles. The predicted octanol–water partition coefficient (Wildman–Crippen LogP) is 3.97. The Kier molecular flexibility index (Phi) is 3.21. The molecule has 0 heterocycles. The molecule has 0 aliphatic heterocycles. The zero-order valence-electron chi connectivity index (χ0n) is 11.2. The van der Waals surface area contributed by atoms with Crippen molar-refractivity contribution in [3.8, 4) is 5.75 Å². The first kappa shape index (κ1) is 12.4. The van der Waals surface area contributed by atoms with E-state index in [1.165, 1.54) is 0 Å². The molecule has 0 atom stereocenters. The van der Waals surface area contributed by atoms with Gasteiger partial charge in [-0.1, -0.05) is 54.3 Å². The molecule has 0 saturated carbocycles. The largest absolute Gasteiger partial charge is 0.872 e. The Morgan fingerprint density at radius 3 is 2.65 bits per heavy atom. The first-order valence-corrected chi connectivity index (χ1v) is 6.53. The maximum Gasteiger partial charge on any atom is 0.0632 e. The molecular formula is C18H14NO-. The number of aryl methyl sites for hydroxylation is 1. The fraction of sp³-hybridized carbons (Fsp3) is 0.0556. The first-order chi connectivity index (χ1) is 9.74. The number of rotatable bonds is 2. The van der Waals surface area contributed by atoms with Gasteiger partial charge in [0.1, 0.15) is 0 Å². The van der Waals surface area contributed by atoms with E-state index in [2.05, 4.69) is 4.99 Å². The summed E-state index contributed by atoms with van der Waals surface area (Å²) >= 11 is 0. The molecule has 2 nitrogen and oxygen atoms in total. The highest BCUT2D eigenvalue weighted by molar-refractivity contribution is 6.02. The lowest BCUT2D eigenvalue weighted by molar-refractivity contribution is -0.268. The molecule has 20 heavy (non-hydrogen) atoms. The van der Waals surface area contributed by atoms with Gasteiger partial charge >= 0.3 is 0 Å². The Bertz CT molecular complexity index is 790. The molecule has 0 radical (unpaired) electrons. The predicted molar refractivity (Wildman–Crippen MR) is 81.8 cm³/mol. The molecule has 3 aromatic carbocycles. The smallest absolute Gasteiger partial charge is 0.0632 e. The van der Waals surface area contributed by atoms with Crippen LogP contribution in [-0.2, 0) is 0 Å². The van der Waals surface area contributed by atoms with E-state index in [4.69, 9.17) is 0 Å². The molecule has 0 fully saturated rings. The second kappa shape index (κ2) is 5.17. The lowest BCUT2D eigenvalue weighted by Crippen LogP contribution is -1.96. The quantitative estimate of drug-likeness (QED) is 0.642. The summed E-state index contributed by atoms with van der Waals surface area (Å²) in [5.74, 6) is 0.0000954. The van der Waals surface area contributed by atoms with Crippen LogP contribution in [0.2, 0.25) is 0 Å². The highest BCUT2D eigenvalue weighted by atomic mass is 16.3. The van der Waals surface area contributed by atoms with Gasteiger partial charge in [0.05, 0.1) is 5.69 Å². The zero-order chi connectivity index (χ0) is 13.9. The van der Waals surface area contributed by atoms with Crippen LogP contribution in [0.25, 0.3) is 10.8 Å². The number of fused-ring (bicyclic) bond motifs is 1. The standard InChI is InChI=1S/C18H15NO/c1-13-5-4-7-15(11-13)19-12-17-16-8-3-2-6-14(16)9-10-18(17)20/h2-12,20H,1H3/p-1. The van der Waals surface area contributed by atoms with Gasteiger partial charge in [0, 0.05) is 6.21 Å². The Labute approximate surface area is 118 Å². The van der Waals surface area contributed by atoms with Gasteiger partial charge in [-0.05, 0) is 41.0 Å². The van der Waals surface area contributed by atoms with E-state index in [0.717, 1.165) is 22.0 Å². The average Bonchev–Trinajstić information content (AvgIpc) is 2.46. The number of hydrogen-bond donors (Lipinski definition) is 0. The van der Waals surface area contributed by atoms with Gasteiger partial charge in [-0.2, -0.15) is 0 Å². The Morgan fingerprint density at radius 2 is 1.80 bits per heavy atom. The van der Waals surface area contributed by atoms with Crippen LogP contribution in [0.3, 0.4) is 0 Å². The number of hydrogen-bond acceptors (Lipinski definition) is 2. The fourth-order valence-electron chi connectivity index (χ4n) is 2.26. The molecule has 3 aromatic rings. The van der Waals surface area contributed by atoms with Crippen molar-refractivity contribution in [1.82, 2.24) is 0 Å². The van der Waals surface area contributed by atoms with E-state index in [0.29, 0.717) is 5.56 Å². The van der Waals surface area contributed by atoms with Crippen LogP contribution in [0, 0.1) is 6.92 Å². The normalized spacial score (nSPS) is 11.2. The van der Waals surface area contributed by atoms with Gasteiger partial charge in [-0.15, -0.1) is 0 Å². The lowest BCUT2D eigenvalue weighted by Gasteiger charge is -2.12. The van der Waals surface area contributed by atoms with Crippen molar-refractivity contribution in [2.75, 3.05) is 0 Å². The van der Waals surface area contributed by atoms with Crippen LogP contribution in [0.1, 0.15) is 11.1 Å². The molecule has 3 rings (SSSR count). The SMILES string of the molecule is Cc1cccc(N=Cc2c([O-])ccc3ccccc23)c1. The number of benzene rings is 3. The minimum absolute atomic E-state index is 0.0000954. The summed E-state index contributed by atoms with van der Waals surface area (Å²) in [5.41, 5.74) is 2.65. The van der Waals surface area contributed by atoms with Crippen LogP contribution >= 0.6 is 0 Å². The zero-order valence-corrected chi connectivity index (χ0v) is 11.2. The molecule has 0 bridgehead atoms. The van der Waals surface area contributed by atoms with E-state index >= 15 is 0 Å². The molecule has 0 spiro atoms. The first-order valence-electron chi connectivity index (χ1n) is 6.53. The molecule has 0 aliphatic rings. The minimum Gasteiger partial charge on any atom is -0.872 e. The molecule has 0 amide bonds. The summed E-state index contributed by atoms with van der Waals surface area (Å²) in [4.78, 5) is 4.42. The van der Waals surface area contributed by atoms with Gasteiger partial charge in [-0.3, -0.25) is 4.99 Å². The molecule has 0 aromatic heterocycles. The average molecular weight is 260 g/mol. The third-order valence-electron chi connectivity index (χ3n) is 3.28. The van der Waals surface area contributed by atoms with Crippen molar-refractivity contribution in [1.29, 1.82) is 0 Å². The third-order valence-corrected chi connectivity index (χ3v) is 3.28. The van der Waals surface area contributed by atoms with E-state index in [1.807, 2.05) is 61.5 Å². The monoisotopic (exact) mass is 260 g/mol. The second-order valence-corrected chi connectivity index (χ2v) is 4.80. The van der Waals surface area contributed by atoms with Crippen molar-refractivity contribution in [2.45, 2.75) is 6.92 Å². The van der Waals surface area contributed by atoms with Crippen molar-refractivity contribution < 1.29 is 5.11 Å². The third kappa shape index (κ3) is 2.41. The van der Waals surface area contributed by atoms with E-state index < -0.39 is 0 Å². The summed E-state index contributed by atoms with van der Waals surface area (Å²) in [6, 6.07) is 19.2. The van der Waals surface area contributed by atoms with Gasteiger partial charge in [-0.25, -0.2) is 0 Å². The summed E-state index contributed by atoms with van der Waals surface area (Å²) in [7, 11) is 0. The minimum atomic E-state index is 0.0000954. The lowest BCUT2D eigenvalue weighted by atomic mass is 10.0. The topological polar surface area (TPSA) is 35.4 Å². The van der Waals surface area contributed by atoms with E-state index in [9.17, 15) is 5.11 Å². The Morgan fingerprint density at radius 1 is 0.950 bits per heavy atom. The van der Waals surface area contributed by atoms with Crippen LogP contribution < -0.4 is 5.11 Å².